The topological polar surface area (TPSA) is 73.0 Å². The van der Waals surface area contributed by atoms with Crippen LogP contribution in [0.1, 0.15) is 12.5 Å². The van der Waals surface area contributed by atoms with Crippen LogP contribution in [-0.2, 0) is 4.74 Å². The van der Waals surface area contributed by atoms with E-state index >= 15 is 0 Å². The van der Waals surface area contributed by atoms with Gasteiger partial charge in [0.25, 0.3) is 6.02 Å². The van der Waals surface area contributed by atoms with Crippen molar-refractivity contribution < 1.29 is 4.74 Å². The summed E-state index contributed by atoms with van der Waals surface area (Å²) in [7, 11) is 3.75. The average Bonchev–Trinajstić information content (AvgIpc) is 2.82. The van der Waals surface area contributed by atoms with Crippen LogP contribution in [0.3, 0.4) is 0 Å². The van der Waals surface area contributed by atoms with Gasteiger partial charge in [-0.25, -0.2) is 9.98 Å². The number of nitrogens with zero attached hydrogens (tertiary/aromatic N) is 4. The van der Waals surface area contributed by atoms with E-state index in [1.807, 2.05) is 32.0 Å². The van der Waals surface area contributed by atoms with Gasteiger partial charge >= 0.3 is 0 Å². The highest BCUT2D eigenvalue weighted by atomic mass is 16.5. The van der Waals surface area contributed by atoms with E-state index in [9.17, 15) is 5.26 Å². The van der Waals surface area contributed by atoms with Crippen molar-refractivity contribution in [1.29, 1.82) is 5.26 Å². The maximum absolute atomic E-state index is 9.18. The third-order valence-electron chi connectivity index (χ3n) is 2.59. The van der Waals surface area contributed by atoms with Crippen LogP contribution >= 0.6 is 0 Å². The average molecular weight is 271 g/mol. The van der Waals surface area contributed by atoms with E-state index in [0.717, 1.165) is 5.69 Å². The second-order valence-corrected chi connectivity index (χ2v) is 4.77. The van der Waals surface area contributed by atoms with E-state index in [-0.39, 0.29) is 6.04 Å². The molecule has 2 rings (SSSR count). The summed E-state index contributed by atoms with van der Waals surface area (Å²) in [6, 6.07) is 8.17. The van der Waals surface area contributed by atoms with Gasteiger partial charge in [-0.2, -0.15) is 5.26 Å². The van der Waals surface area contributed by atoms with Gasteiger partial charge in [-0.15, -0.1) is 0 Å². The van der Waals surface area contributed by atoms with E-state index in [1.165, 1.54) is 0 Å². The Morgan fingerprint density at radius 2 is 2.35 bits per heavy atom. The van der Waals surface area contributed by atoms with Crippen molar-refractivity contribution in [3.05, 3.63) is 23.8 Å². The number of rotatable bonds is 3. The van der Waals surface area contributed by atoms with Gasteiger partial charge < -0.3 is 15.0 Å². The summed E-state index contributed by atoms with van der Waals surface area (Å²) in [5.41, 5.74) is 1.90. The van der Waals surface area contributed by atoms with E-state index in [2.05, 4.69) is 21.4 Å². The molecule has 0 saturated heterocycles. The Hall–Kier alpha value is -2.55. The normalized spacial score (nSPS) is 17.5. The van der Waals surface area contributed by atoms with Gasteiger partial charge in [-0.3, -0.25) is 0 Å². The zero-order valence-electron chi connectivity index (χ0n) is 11.8. The lowest BCUT2D eigenvalue weighted by atomic mass is 10.2. The maximum atomic E-state index is 9.18. The number of aliphatic imine (C=N–C) groups is 2. The zero-order chi connectivity index (χ0) is 14.5. The minimum absolute atomic E-state index is 0.164. The van der Waals surface area contributed by atoms with Crippen LogP contribution in [0.25, 0.3) is 0 Å². The van der Waals surface area contributed by atoms with Gasteiger partial charge in [0, 0.05) is 19.8 Å². The van der Waals surface area contributed by atoms with Crippen molar-refractivity contribution >= 4 is 23.7 Å². The van der Waals surface area contributed by atoms with Gasteiger partial charge in [0.1, 0.15) is 12.7 Å². The van der Waals surface area contributed by atoms with Crippen LogP contribution < -0.4 is 5.32 Å². The molecular formula is C14H17N5O. The molecule has 1 aromatic rings. The molecule has 1 aromatic carbocycles. The highest BCUT2D eigenvalue weighted by molar-refractivity contribution is 5.90. The summed E-state index contributed by atoms with van der Waals surface area (Å²) in [4.78, 5) is 10.4. The van der Waals surface area contributed by atoms with Gasteiger partial charge in [-0.05, 0) is 25.1 Å². The number of benzene rings is 1. The summed E-state index contributed by atoms with van der Waals surface area (Å²) in [5, 5.41) is 12.2. The van der Waals surface area contributed by atoms with Crippen LogP contribution in [0, 0.1) is 11.3 Å². The molecule has 6 nitrogen and oxygen atoms in total. The number of amidine groups is 1. The molecule has 0 radical (unpaired) electrons. The number of nitriles is 1. The highest BCUT2D eigenvalue weighted by Gasteiger charge is 2.14. The molecule has 0 spiro atoms. The Kier molecular flexibility index (Phi) is 4.20. The fraction of sp³-hybridized carbons (Fsp3) is 0.357. The van der Waals surface area contributed by atoms with Gasteiger partial charge in [0.15, 0.2) is 0 Å². The van der Waals surface area contributed by atoms with Gasteiger partial charge in [0.2, 0.25) is 0 Å². The van der Waals surface area contributed by atoms with Crippen LogP contribution in [0.15, 0.2) is 28.2 Å². The highest BCUT2D eigenvalue weighted by Crippen LogP contribution is 2.23. The Morgan fingerprint density at radius 1 is 1.55 bits per heavy atom. The zero-order valence-corrected chi connectivity index (χ0v) is 11.8. The Balaban J connectivity index is 2.17. The second-order valence-electron chi connectivity index (χ2n) is 4.77. The molecule has 1 N–H and O–H groups in total. The summed E-state index contributed by atoms with van der Waals surface area (Å²) in [6.07, 6.45) is 1.66. The van der Waals surface area contributed by atoms with Crippen molar-refractivity contribution in [2.45, 2.75) is 13.0 Å². The predicted octanol–water partition coefficient (Wildman–Crippen LogP) is 1.97. The lowest BCUT2D eigenvalue weighted by Gasteiger charge is -2.07. The molecule has 0 fully saturated rings. The molecule has 1 unspecified atom stereocenters. The minimum atomic E-state index is 0.164. The lowest BCUT2D eigenvalue weighted by Crippen LogP contribution is -2.11. The number of ether oxygens (including phenoxy) is 1. The molecule has 0 amide bonds. The third kappa shape index (κ3) is 3.48. The molecule has 1 atom stereocenters. The molecule has 20 heavy (non-hydrogen) atoms. The van der Waals surface area contributed by atoms with Crippen molar-refractivity contribution in [3.63, 3.8) is 0 Å². The monoisotopic (exact) mass is 271 g/mol. The fourth-order valence-electron chi connectivity index (χ4n) is 1.66. The first-order valence-corrected chi connectivity index (χ1v) is 6.31. The molecule has 0 saturated carbocycles. The first-order chi connectivity index (χ1) is 9.58. The third-order valence-corrected chi connectivity index (χ3v) is 2.59. The van der Waals surface area contributed by atoms with Crippen LogP contribution in [0.5, 0.6) is 0 Å². The van der Waals surface area contributed by atoms with Gasteiger partial charge in [-0.1, -0.05) is 0 Å². The van der Waals surface area contributed by atoms with Crippen molar-refractivity contribution in [2.75, 3.05) is 26.0 Å². The molecule has 0 aliphatic carbocycles. The van der Waals surface area contributed by atoms with Crippen LogP contribution in [0.2, 0.25) is 0 Å². The largest absolute Gasteiger partial charge is 0.463 e. The van der Waals surface area contributed by atoms with E-state index in [0.29, 0.717) is 23.9 Å². The first-order valence-electron chi connectivity index (χ1n) is 6.31. The second kappa shape index (κ2) is 6.06. The lowest BCUT2D eigenvalue weighted by molar-refractivity contribution is 0.322. The summed E-state index contributed by atoms with van der Waals surface area (Å²) in [5.74, 6) is 0. The number of anilines is 1. The quantitative estimate of drug-likeness (QED) is 0.673. The van der Waals surface area contributed by atoms with Crippen molar-refractivity contribution in [3.8, 4) is 6.07 Å². The van der Waals surface area contributed by atoms with Crippen LogP contribution in [-0.4, -0.2) is 44.0 Å². The molecular weight excluding hydrogens is 254 g/mol. The SMILES string of the molecule is CC1COC(Nc2ccc(/N=C/N(C)C)c(C#N)c2)=N1. The number of hydrogen-bond donors (Lipinski definition) is 1. The molecule has 0 bridgehead atoms. The predicted molar refractivity (Wildman–Crippen MR) is 79.5 cm³/mol. The Bertz CT molecular complexity index is 586. The van der Waals surface area contributed by atoms with Crippen molar-refractivity contribution in [2.24, 2.45) is 9.98 Å². The number of hydrogen-bond acceptors (Lipinski definition) is 5. The minimum Gasteiger partial charge on any atom is -0.463 e. The van der Waals surface area contributed by atoms with Crippen LogP contribution in [0.4, 0.5) is 11.4 Å². The fourth-order valence-corrected chi connectivity index (χ4v) is 1.66. The molecule has 6 heteroatoms. The maximum Gasteiger partial charge on any atom is 0.289 e. The van der Waals surface area contributed by atoms with Crippen molar-refractivity contribution in [1.82, 2.24) is 4.90 Å². The Labute approximate surface area is 118 Å². The summed E-state index contributed by atoms with van der Waals surface area (Å²) >= 11 is 0. The molecule has 0 aromatic heterocycles. The summed E-state index contributed by atoms with van der Waals surface area (Å²) < 4.78 is 5.37. The molecule has 1 heterocycles. The smallest absolute Gasteiger partial charge is 0.289 e. The van der Waals surface area contributed by atoms with E-state index < -0.39 is 0 Å². The standard InChI is InChI=1S/C14H17N5O/c1-10-8-20-14(17-10)18-12-4-5-13(11(6-12)7-15)16-9-19(2)3/h4-6,9-10H,8H2,1-3H3,(H,17,18)/b16-9+. The molecule has 1 aliphatic rings. The summed E-state index contributed by atoms with van der Waals surface area (Å²) in [6.45, 7) is 2.56. The van der Waals surface area contributed by atoms with E-state index in [1.54, 1.807) is 18.5 Å². The number of nitrogens with one attached hydrogen (secondary N) is 1. The van der Waals surface area contributed by atoms with Gasteiger partial charge in [0.05, 0.1) is 23.6 Å². The van der Waals surface area contributed by atoms with E-state index in [4.69, 9.17) is 4.74 Å². The first kappa shape index (κ1) is 13.9. The molecule has 1 aliphatic heterocycles. The Morgan fingerprint density at radius 3 is 2.95 bits per heavy atom. The molecule has 104 valence electrons.